The average Bonchev–Trinajstić information content (AvgIpc) is 3.41. The highest BCUT2D eigenvalue weighted by molar-refractivity contribution is 5.71. The monoisotopic (exact) mass is 1040 g/mol. The Balaban J connectivity index is 4.32. The average molecular weight is 1040 g/mol. The zero-order valence-electron chi connectivity index (χ0n) is 49.0. The van der Waals surface area contributed by atoms with Gasteiger partial charge in [-0.25, -0.2) is 0 Å². The van der Waals surface area contributed by atoms with Gasteiger partial charge in [0, 0.05) is 19.3 Å². The molecule has 1 atom stereocenters. The molecule has 428 valence electrons. The van der Waals surface area contributed by atoms with Gasteiger partial charge in [0.25, 0.3) is 0 Å². The van der Waals surface area contributed by atoms with Crippen molar-refractivity contribution in [2.75, 3.05) is 13.2 Å². The second kappa shape index (κ2) is 62.6. The van der Waals surface area contributed by atoms with Gasteiger partial charge < -0.3 is 14.2 Å². The van der Waals surface area contributed by atoms with Gasteiger partial charge in [0.05, 0.1) is 0 Å². The summed E-state index contributed by atoms with van der Waals surface area (Å²) in [5.41, 5.74) is 0. The zero-order valence-corrected chi connectivity index (χ0v) is 49.0. The molecule has 0 N–H and O–H groups in total. The highest BCUT2D eigenvalue weighted by atomic mass is 16.6. The van der Waals surface area contributed by atoms with Crippen molar-refractivity contribution in [2.24, 2.45) is 0 Å². The molecule has 0 amide bonds. The minimum absolute atomic E-state index is 0.0973. The Morgan fingerprint density at radius 1 is 0.280 bits per heavy atom. The van der Waals surface area contributed by atoms with Crippen LogP contribution in [0.4, 0.5) is 0 Å². The minimum Gasteiger partial charge on any atom is -0.462 e. The summed E-state index contributed by atoms with van der Waals surface area (Å²) in [6, 6.07) is 0. The van der Waals surface area contributed by atoms with Crippen LogP contribution in [-0.2, 0) is 28.6 Å². The maximum atomic E-state index is 12.9. The molecule has 0 spiro atoms. The molecule has 0 radical (unpaired) electrons. The van der Waals surface area contributed by atoms with Crippen LogP contribution in [0.3, 0.4) is 0 Å². The maximum absolute atomic E-state index is 12.9. The van der Waals surface area contributed by atoms with Crippen LogP contribution >= 0.6 is 0 Å². The molecule has 75 heavy (non-hydrogen) atoms. The fourth-order valence-electron chi connectivity index (χ4n) is 8.60. The van der Waals surface area contributed by atoms with Gasteiger partial charge in [-0.15, -0.1) is 0 Å². The Bertz CT molecular complexity index is 1520. The van der Waals surface area contributed by atoms with Gasteiger partial charge >= 0.3 is 17.9 Å². The number of hydrogen-bond acceptors (Lipinski definition) is 6. The Kier molecular flexibility index (Phi) is 59.3. The van der Waals surface area contributed by atoms with Crippen LogP contribution in [0.1, 0.15) is 290 Å². The molecule has 0 aliphatic carbocycles. The number of allylic oxidation sites excluding steroid dienone is 18. The van der Waals surface area contributed by atoms with E-state index in [1.54, 1.807) is 0 Å². The molecule has 0 rings (SSSR count). The summed E-state index contributed by atoms with van der Waals surface area (Å²) >= 11 is 0. The van der Waals surface area contributed by atoms with Crippen molar-refractivity contribution in [3.63, 3.8) is 0 Å². The first kappa shape index (κ1) is 71.1. The third kappa shape index (κ3) is 60.8. The van der Waals surface area contributed by atoms with E-state index in [4.69, 9.17) is 14.2 Å². The number of carbonyl (C=O) groups is 3. The van der Waals surface area contributed by atoms with E-state index in [2.05, 4.69) is 130 Å². The van der Waals surface area contributed by atoms with E-state index in [0.29, 0.717) is 19.3 Å². The van der Waals surface area contributed by atoms with E-state index >= 15 is 0 Å². The Morgan fingerprint density at radius 2 is 0.520 bits per heavy atom. The zero-order chi connectivity index (χ0) is 54.3. The predicted octanol–water partition coefficient (Wildman–Crippen LogP) is 21.4. The second-order valence-electron chi connectivity index (χ2n) is 20.5. The molecule has 0 aromatic heterocycles. The Hall–Kier alpha value is -3.93. The molecular formula is C69H116O6. The van der Waals surface area contributed by atoms with E-state index in [-0.39, 0.29) is 37.5 Å². The lowest BCUT2D eigenvalue weighted by atomic mass is 10.0. The van der Waals surface area contributed by atoms with Crippen molar-refractivity contribution in [1.29, 1.82) is 0 Å². The molecule has 6 nitrogen and oxygen atoms in total. The Morgan fingerprint density at radius 3 is 0.853 bits per heavy atom. The van der Waals surface area contributed by atoms with Crippen LogP contribution in [0, 0.1) is 0 Å². The van der Waals surface area contributed by atoms with Gasteiger partial charge in [0.2, 0.25) is 0 Å². The van der Waals surface area contributed by atoms with Crippen molar-refractivity contribution in [2.45, 2.75) is 297 Å². The number of ether oxygens (including phenoxy) is 3. The molecule has 0 fully saturated rings. The van der Waals surface area contributed by atoms with Gasteiger partial charge in [-0.1, -0.05) is 259 Å². The summed E-state index contributed by atoms with van der Waals surface area (Å²) in [6.07, 6.45) is 85.3. The number of carbonyl (C=O) groups excluding carboxylic acids is 3. The molecule has 0 aliphatic rings. The molecule has 0 bridgehead atoms. The normalized spacial score (nSPS) is 12.8. The first-order valence-corrected chi connectivity index (χ1v) is 31.4. The highest BCUT2D eigenvalue weighted by Gasteiger charge is 2.19. The maximum Gasteiger partial charge on any atom is 0.306 e. The lowest BCUT2D eigenvalue weighted by molar-refractivity contribution is -0.167. The largest absolute Gasteiger partial charge is 0.462 e. The van der Waals surface area contributed by atoms with Crippen molar-refractivity contribution in [3.05, 3.63) is 109 Å². The molecule has 0 saturated heterocycles. The van der Waals surface area contributed by atoms with Crippen molar-refractivity contribution in [1.82, 2.24) is 0 Å². The van der Waals surface area contributed by atoms with E-state index in [9.17, 15) is 14.4 Å². The first-order valence-electron chi connectivity index (χ1n) is 31.4. The SMILES string of the molecule is CC/C=C\C/C=C\C/C=C\C/C=C\CCCCCCCCCCCCCCCCC(=O)OCC(COC(=O)CCCCCCC/C=C\CCCCCCCC)OC(=O)CCCC/C=C\C/C=C\C/C=C\C/C=C\CC. The van der Waals surface area contributed by atoms with Crippen LogP contribution in [-0.4, -0.2) is 37.2 Å². The number of rotatable bonds is 56. The fourth-order valence-corrected chi connectivity index (χ4v) is 8.60. The lowest BCUT2D eigenvalue weighted by Gasteiger charge is -2.18. The topological polar surface area (TPSA) is 78.9 Å². The molecule has 0 heterocycles. The second-order valence-corrected chi connectivity index (χ2v) is 20.5. The van der Waals surface area contributed by atoms with E-state index in [0.717, 1.165) is 109 Å². The van der Waals surface area contributed by atoms with Gasteiger partial charge in [-0.2, -0.15) is 0 Å². The van der Waals surface area contributed by atoms with E-state index in [1.807, 2.05) is 0 Å². The van der Waals surface area contributed by atoms with Gasteiger partial charge in [-0.05, 0) is 122 Å². The van der Waals surface area contributed by atoms with Gasteiger partial charge in [0.15, 0.2) is 6.10 Å². The standard InChI is InChI=1S/C69H116O6/c1-4-7-10-13-16-19-22-25-28-29-30-31-32-33-34-35-36-37-38-39-42-44-47-50-53-56-59-62-68(71)74-65-66(75-69(72)63-60-57-54-51-48-45-41-27-24-21-18-15-12-9-6-3)64-73-67(70)61-58-55-52-49-46-43-40-26-23-20-17-14-11-8-5-2/h7,9-10,12,16,18-19,21,25-28,30-31,40-41,48,51,66H,4-6,8,11,13-15,17,20,22-24,29,32-39,42-47,49-50,52-65H2,1-3H3/b10-7-,12-9-,19-16-,21-18-,28-25-,31-30-,40-26-,41-27-,51-48-. The Labute approximate surface area is 463 Å². The summed E-state index contributed by atoms with van der Waals surface area (Å²) in [7, 11) is 0. The van der Waals surface area contributed by atoms with Crippen LogP contribution in [0.15, 0.2) is 109 Å². The van der Waals surface area contributed by atoms with E-state index in [1.165, 1.54) is 135 Å². The quantitative estimate of drug-likeness (QED) is 0.0261. The van der Waals surface area contributed by atoms with Crippen molar-refractivity contribution >= 4 is 17.9 Å². The number of esters is 3. The lowest BCUT2D eigenvalue weighted by Crippen LogP contribution is -2.30. The molecule has 0 aliphatic heterocycles. The summed E-state index contributed by atoms with van der Waals surface area (Å²) in [4.78, 5) is 38.2. The smallest absolute Gasteiger partial charge is 0.306 e. The summed E-state index contributed by atoms with van der Waals surface area (Å²) in [5.74, 6) is -0.943. The number of hydrogen-bond donors (Lipinski definition) is 0. The molecule has 1 unspecified atom stereocenters. The molecule has 6 heteroatoms. The molecule has 0 aromatic rings. The van der Waals surface area contributed by atoms with Crippen molar-refractivity contribution in [3.8, 4) is 0 Å². The summed E-state index contributed by atoms with van der Waals surface area (Å²) in [5, 5.41) is 0. The minimum atomic E-state index is -0.805. The summed E-state index contributed by atoms with van der Waals surface area (Å²) in [6.45, 7) is 6.38. The van der Waals surface area contributed by atoms with Crippen molar-refractivity contribution < 1.29 is 28.6 Å². The van der Waals surface area contributed by atoms with Crippen LogP contribution in [0.5, 0.6) is 0 Å². The van der Waals surface area contributed by atoms with Crippen LogP contribution < -0.4 is 0 Å². The molecular weight excluding hydrogens is 925 g/mol. The van der Waals surface area contributed by atoms with Gasteiger partial charge in [0.1, 0.15) is 13.2 Å². The van der Waals surface area contributed by atoms with Crippen LogP contribution in [0.2, 0.25) is 0 Å². The highest BCUT2D eigenvalue weighted by Crippen LogP contribution is 2.16. The third-order valence-electron chi connectivity index (χ3n) is 13.2. The number of unbranched alkanes of at least 4 members (excludes halogenated alkanes) is 27. The molecule has 0 aromatic carbocycles. The summed E-state index contributed by atoms with van der Waals surface area (Å²) < 4.78 is 16.9. The van der Waals surface area contributed by atoms with Crippen LogP contribution in [0.25, 0.3) is 0 Å². The third-order valence-corrected chi connectivity index (χ3v) is 13.2. The molecule has 0 saturated carbocycles. The van der Waals surface area contributed by atoms with E-state index < -0.39 is 6.10 Å². The predicted molar refractivity (Wildman–Crippen MR) is 325 cm³/mol. The fraction of sp³-hybridized carbons (Fsp3) is 0.696. The first-order chi connectivity index (χ1) is 37.0. The van der Waals surface area contributed by atoms with Gasteiger partial charge in [-0.3, -0.25) is 14.4 Å².